The van der Waals surface area contributed by atoms with Crippen molar-refractivity contribution in [3.8, 4) is 0 Å². The van der Waals surface area contributed by atoms with E-state index < -0.39 is 5.97 Å². The quantitative estimate of drug-likeness (QED) is 0.635. The Morgan fingerprint density at radius 2 is 2.00 bits per heavy atom. The van der Waals surface area contributed by atoms with Crippen molar-refractivity contribution in [3.05, 3.63) is 0 Å². The van der Waals surface area contributed by atoms with Crippen molar-refractivity contribution in [2.45, 2.75) is 51.4 Å². The van der Waals surface area contributed by atoms with Crippen LogP contribution in [0.4, 0.5) is 0 Å². The number of carbonyl (C=O) groups excluding carboxylic acids is 1. The number of rotatable bonds is 5. The number of hydrogen-bond donors (Lipinski definition) is 3. The van der Waals surface area contributed by atoms with Gasteiger partial charge in [0.05, 0.1) is 0 Å². The minimum Gasteiger partial charge on any atom is -0.481 e. The van der Waals surface area contributed by atoms with Crippen molar-refractivity contribution in [1.82, 2.24) is 5.32 Å². The molecule has 1 fully saturated rings. The predicted octanol–water partition coefficient (Wildman–Crippen LogP) is 1.27. The molecule has 5 heteroatoms. The molecule has 0 atom stereocenters. The average molecular weight is 244 g/mol. The second-order valence-electron chi connectivity index (χ2n) is 4.15. The summed E-state index contributed by atoms with van der Waals surface area (Å²) in [5, 5.41) is 11.0. The maximum Gasteiger partial charge on any atom is 0.303 e. The minimum absolute atomic E-state index is 0.225. The molecule has 1 heterocycles. The molecule has 0 aromatic carbocycles. The first-order valence-corrected chi connectivity index (χ1v) is 6.35. The van der Waals surface area contributed by atoms with Gasteiger partial charge in [-0.05, 0) is 32.2 Å². The topological polar surface area (TPSA) is 92.4 Å². The minimum atomic E-state index is -0.716. The molecule has 0 aromatic rings. The van der Waals surface area contributed by atoms with E-state index in [4.69, 9.17) is 10.8 Å². The van der Waals surface area contributed by atoms with Crippen molar-refractivity contribution < 1.29 is 14.7 Å². The summed E-state index contributed by atoms with van der Waals surface area (Å²) in [6.45, 7) is 1.55. The molecule has 1 aliphatic heterocycles. The van der Waals surface area contributed by atoms with E-state index in [-0.39, 0.29) is 12.3 Å². The molecular weight excluding hydrogens is 220 g/mol. The zero-order valence-electron chi connectivity index (χ0n) is 10.4. The molecule has 1 rings (SSSR count). The molecular formula is C12H24N2O3. The van der Waals surface area contributed by atoms with Crippen LogP contribution in [0.3, 0.4) is 0 Å². The summed E-state index contributed by atoms with van der Waals surface area (Å²) >= 11 is 0. The van der Waals surface area contributed by atoms with E-state index in [0.29, 0.717) is 6.54 Å². The van der Waals surface area contributed by atoms with E-state index in [2.05, 4.69) is 5.32 Å². The molecule has 0 aliphatic carbocycles. The van der Waals surface area contributed by atoms with Crippen LogP contribution < -0.4 is 11.1 Å². The van der Waals surface area contributed by atoms with Crippen molar-refractivity contribution in [1.29, 1.82) is 0 Å². The fourth-order valence-corrected chi connectivity index (χ4v) is 1.50. The van der Waals surface area contributed by atoms with Gasteiger partial charge >= 0.3 is 5.97 Å². The molecule has 17 heavy (non-hydrogen) atoms. The molecule has 1 aliphatic rings. The Balaban J connectivity index is 0.000000302. The summed E-state index contributed by atoms with van der Waals surface area (Å²) in [6.07, 6.45) is 7.08. The molecule has 0 spiro atoms. The highest BCUT2D eigenvalue weighted by molar-refractivity contribution is 5.75. The summed E-state index contributed by atoms with van der Waals surface area (Å²) in [4.78, 5) is 20.5. The number of nitrogens with two attached hydrogens (primary N) is 1. The van der Waals surface area contributed by atoms with Gasteiger partial charge in [-0.15, -0.1) is 0 Å². The average Bonchev–Trinajstić information content (AvgIpc) is 2.53. The van der Waals surface area contributed by atoms with E-state index in [0.717, 1.165) is 45.1 Å². The number of amides is 1. The lowest BCUT2D eigenvalue weighted by atomic mass is 10.2. The van der Waals surface area contributed by atoms with Crippen LogP contribution in [0.25, 0.3) is 0 Å². The third kappa shape index (κ3) is 12.8. The highest BCUT2D eigenvalue weighted by Gasteiger charge is 2.03. The van der Waals surface area contributed by atoms with Crippen LogP contribution in [-0.2, 0) is 9.59 Å². The van der Waals surface area contributed by atoms with Gasteiger partial charge in [0.2, 0.25) is 5.91 Å². The summed E-state index contributed by atoms with van der Waals surface area (Å²) in [5.74, 6) is -0.491. The number of hydrogen-bond acceptors (Lipinski definition) is 3. The summed E-state index contributed by atoms with van der Waals surface area (Å²) < 4.78 is 0. The Morgan fingerprint density at radius 1 is 1.24 bits per heavy atom. The van der Waals surface area contributed by atoms with Crippen LogP contribution in [0.2, 0.25) is 0 Å². The molecule has 0 aromatic heterocycles. The third-order valence-corrected chi connectivity index (χ3v) is 2.50. The first-order valence-electron chi connectivity index (χ1n) is 6.35. The van der Waals surface area contributed by atoms with Crippen LogP contribution in [0.1, 0.15) is 51.4 Å². The van der Waals surface area contributed by atoms with Crippen LogP contribution in [0.15, 0.2) is 0 Å². The summed E-state index contributed by atoms with van der Waals surface area (Å²) in [5.41, 5.74) is 5.20. The molecule has 0 radical (unpaired) electrons. The van der Waals surface area contributed by atoms with Crippen molar-refractivity contribution in [2.24, 2.45) is 5.73 Å². The number of carbonyl (C=O) groups is 2. The SMILES string of the molecule is NCCCCCC(=O)O.O=C1CCCCCN1. The Labute approximate surface area is 103 Å². The first kappa shape index (κ1) is 15.9. The van der Waals surface area contributed by atoms with E-state index >= 15 is 0 Å². The lowest BCUT2D eigenvalue weighted by Crippen LogP contribution is -2.21. The molecule has 100 valence electrons. The standard InChI is InChI=1S/C6H13NO2.C6H11NO/c7-5-3-1-2-4-6(8)9;8-6-4-2-1-3-5-7-6/h1-5,7H2,(H,8,9);1-5H2,(H,7,8). The Morgan fingerprint density at radius 3 is 2.65 bits per heavy atom. The van der Waals surface area contributed by atoms with E-state index in [1.165, 1.54) is 6.42 Å². The second kappa shape index (κ2) is 11.4. The van der Waals surface area contributed by atoms with Gasteiger partial charge in [0, 0.05) is 19.4 Å². The van der Waals surface area contributed by atoms with Crippen LogP contribution in [-0.4, -0.2) is 30.1 Å². The molecule has 1 amide bonds. The lowest BCUT2D eigenvalue weighted by molar-refractivity contribution is -0.137. The third-order valence-electron chi connectivity index (χ3n) is 2.50. The van der Waals surface area contributed by atoms with Crippen molar-refractivity contribution in [3.63, 3.8) is 0 Å². The molecule has 1 saturated heterocycles. The van der Waals surface area contributed by atoms with Crippen molar-refractivity contribution >= 4 is 11.9 Å². The molecule has 5 nitrogen and oxygen atoms in total. The molecule has 0 unspecified atom stereocenters. The summed E-state index contributed by atoms with van der Waals surface area (Å²) in [6, 6.07) is 0. The van der Waals surface area contributed by atoms with Crippen molar-refractivity contribution in [2.75, 3.05) is 13.1 Å². The van der Waals surface area contributed by atoms with Gasteiger partial charge < -0.3 is 16.2 Å². The van der Waals surface area contributed by atoms with Gasteiger partial charge in [-0.2, -0.15) is 0 Å². The Hall–Kier alpha value is -1.10. The normalized spacial score (nSPS) is 15.2. The number of unbranched alkanes of at least 4 members (excludes halogenated alkanes) is 2. The second-order valence-corrected chi connectivity index (χ2v) is 4.15. The van der Waals surface area contributed by atoms with Gasteiger partial charge in [-0.3, -0.25) is 9.59 Å². The van der Waals surface area contributed by atoms with Crippen LogP contribution in [0, 0.1) is 0 Å². The largest absolute Gasteiger partial charge is 0.481 e. The molecule has 0 bridgehead atoms. The van der Waals surface area contributed by atoms with Gasteiger partial charge in [-0.1, -0.05) is 12.8 Å². The molecule has 4 N–H and O–H groups in total. The highest BCUT2D eigenvalue weighted by Crippen LogP contribution is 2.02. The van der Waals surface area contributed by atoms with Gasteiger partial charge in [-0.25, -0.2) is 0 Å². The zero-order valence-corrected chi connectivity index (χ0v) is 10.4. The Bertz CT molecular complexity index is 210. The molecule has 0 saturated carbocycles. The fourth-order valence-electron chi connectivity index (χ4n) is 1.50. The monoisotopic (exact) mass is 244 g/mol. The number of carboxylic acids is 1. The number of aliphatic carboxylic acids is 1. The number of nitrogens with one attached hydrogen (secondary N) is 1. The maximum atomic E-state index is 10.6. The van der Waals surface area contributed by atoms with Crippen LogP contribution >= 0.6 is 0 Å². The van der Waals surface area contributed by atoms with E-state index in [9.17, 15) is 9.59 Å². The lowest BCUT2D eigenvalue weighted by Gasteiger charge is -1.93. The smallest absolute Gasteiger partial charge is 0.303 e. The number of carboxylic acid groups (broad SMARTS) is 1. The zero-order chi connectivity index (χ0) is 12.9. The maximum absolute atomic E-state index is 10.6. The highest BCUT2D eigenvalue weighted by atomic mass is 16.4. The van der Waals surface area contributed by atoms with E-state index in [1.54, 1.807) is 0 Å². The predicted molar refractivity (Wildman–Crippen MR) is 66.6 cm³/mol. The fraction of sp³-hybridized carbons (Fsp3) is 0.833. The van der Waals surface area contributed by atoms with Gasteiger partial charge in [0.15, 0.2) is 0 Å². The Kier molecular flexibility index (Phi) is 10.7. The van der Waals surface area contributed by atoms with Gasteiger partial charge in [0.1, 0.15) is 0 Å². The van der Waals surface area contributed by atoms with Gasteiger partial charge in [0.25, 0.3) is 0 Å². The van der Waals surface area contributed by atoms with Crippen LogP contribution in [0.5, 0.6) is 0 Å². The first-order chi connectivity index (χ1) is 8.16. The van der Waals surface area contributed by atoms with E-state index in [1.807, 2.05) is 0 Å². The summed E-state index contributed by atoms with van der Waals surface area (Å²) in [7, 11) is 0.